The van der Waals surface area contributed by atoms with Gasteiger partial charge in [-0.15, -0.1) is 18.3 Å². The summed E-state index contributed by atoms with van der Waals surface area (Å²) >= 11 is 4.43. The molecule has 0 radical (unpaired) electrons. The Morgan fingerprint density at radius 3 is 2.60 bits per heavy atom. The van der Waals surface area contributed by atoms with Crippen LogP contribution in [-0.2, 0) is 5.75 Å². The quantitative estimate of drug-likeness (QED) is 0.414. The maximum atomic E-state index is 12.3. The van der Waals surface area contributed by atoms with Crippen LogP contribution < -0.4 is 10.5 Å². The minimum Gasteiger partial charge on any atom is -0.406 e. The lowest BCUT2D eigenvalue weighted by Gasteiger charge is -2.09. The van der Waals surface area contributed by atoms with Crippen LogP contribution in [0.15, 0.2) is 63.2 Å². The van der Waals surface area contributed by atoms with E-state index in [2.05, 4.69) is 30.9 Å². The second kappa shape index (κ2) is 8.91. The number of halogens is 4. The molecule has 0 aromatic heterocycles. The number of hydrogen-bond acceptors (Lipinski definition) is 4. The molecule has 0 saturated heterocycles. The Kier molecular flexibility index (Phi) is 6.89. The van der Waals surface area contributed by atoms with E-state index in [0.717, 1.165) is 5.56 Å². The highest BCUT2D eigenvalue weighted by atomic mass is 79.9. The van der Waals surface area contributed by atoms with Crippen molar-refractivity contribution in [2.75, 3.05) is 0 Å². The molecule has 2 aromatic carbocycles. The van der Waals surface area contributed by atoms with Crippen LogP contribution in [0.5, 0.6) is 5.75 Å². The number of nitrogens with zero attached hydrogens (tertiary/aromatic N) is 2. The number of alkyl halides is 3. The summed E-state index contributed by atoms with van der Waals surface area (Å²) in [7, 11) is 0. The summed E-state index contributed by atoms with van der Waals surface area (Å²) in [6.07, 6.45) is -3.46. The van der Waals surface area contributed by atoms with Gasteiger partial charge < -0.3 is 10.5 Å². The lowest BCUT2D eigenvalue weighted by atomic mass is 10.2. The third-order valence-corrected chi connectivity index (χ3v) is 4.03. The van der Waals surface area contributed by atoms with E-state index < -0.39 is 6.36 Å². The van der Waals surface area contributed by atoms with Gasteiger partial charge in [0.05, 0.1) is 6.21 Å². The van der Waals surface area contributed by atoms with Gasteiger partial charge in [-0.3, -0.25) is 0 Å². The van der Waals surface area contributed by atoms with Crippen molar-refractivity contribution in [2.45, 2.75) is 12.1 Å². The number of ether oxygens (including phenoxy) is 1. The average molecular weight is 432 g/mol. The molecule has 2 rings (SSSR count). The fourth-order valence-corrected chi connectivity index (χ4v) is 2.87. The summed E-state index contributed by atoms with van der Waals surface area (Å²) in [6.45, 7) is 0. The zero-order chi connectivity index (χ0) is 18.3. The number of hydrogen-bond donors (Lipinski definition) is 1. The highest BCUT2D eigenvalue weighted by Crippen LogP contribution is 2.26. The smallest absolute Gasteiger partial charge is 0.406 e. The van der Waals surface area contributed by atoms with Crippen molar-refractivity contribution in [1.82, 2.24) is 0 Å². The minimum atomic E-state index is -4.76. The Hall–Kier alpha value is -2.00. The standard InChI is InChI=1S/C16H13BrF3N3OS/c17-13-6-12(7-14(8-13)24-16(18,19)20)9-22-23-15(21)25-10-11-4-2-1-3-5-11/h1-9H,10H2,(H2,21,23). The van der Waals surface area contributed by atoms with Crippen LogP contribution in [0.2, 0.25) is 0 Å². The minimum absolute atomic E-state index is 0.252. The van der Waals surface area contributed by atoms with Gasteiger partial charge in [0, 0.05) is 10.2 Å². The monoisotopic (exact) mass is 431 g/mol. The Morgan fingerprint density at radius 2 is 1.92 bits per heavy atom. The molecule has 0 aliphatic heterocycles. The van der Waals surface area contributed by atoms with Crippen LogP contribution in [0.1, 0.15) is 11.1 Å². The van der Waals surface area contributed by atoms with Gasteiger partial charge >= 0.3 is 6.36 Å². The summed E-state index contributed by atoms with van der Waals surface area (Å²) in [4.78, 5) is 0. The van der Waals surface area contributed by atoms with Crippen molar-refractivity contribution in [3.63, 3.8) is 0 Å². The molecule has 132 valence electrons. The first kappa shape index (κ1) is 19.3. The van der Waals surface area contributed by atoms with E-state index in [-0.39, 0.29) is 10.9 Å². The molecule has 25 heavy (non-hydrogen) atoms. The molecule has 0 saturated carbocycles. The Labute approximate surface area is 155 Å². The van der Waals surface area contributed by atoms with Gasteiger partial charge in [-0.2, -0.15) is 5.10 Å². The average Bonchev–Trinajstić information content (AvgIpc) is 2.52. The molecule has 0 aliphatic carbocycles. The molecule has 4 nitrogen and oxygen atoms in total. The first-order valence-corrected chi connectivity index (χ1v) is 8.69. The number of thioether (sulfide) groups is 1. The topological polar surface area (TPSA) is 60.0 Å². The maximum absolute atomic E-state index is 12.3. The molecular weight excluding hydrogens is 419 g/mol. The van der Waals surface area contributed by atoms with Crippen molar-refractivity contribution >= 4 is 39.1 Å². The summed E-state index contributed by atoms with van der Waals surface area (Å²) in [5.74, 6) is 0.297. The molecule has 2 N–H and O–H groups in total. The summed E-state index contributed by atoms with van der Waals surface area (Å²) in [5, 5.41) is 7.86. The lowest BCUT2D eigenvalue weighted by Crippen LogP contribution is -2.17. The highest BCUT2D eigenvalue weighted by molar-refractivity contribution is 9.10. The van der Waals surface area contributed by atoms with Gasteiger partial charge in [0.2, 0.25) is 0 Å². The lowest BCUT2D eigenvalue weighted by molar-refractivity contribution is -0.274. The molecular formula is C16H13BrF3N3OS. The highest BCUT2D eigenvalue weighted by Gasteiger charge is 2.31. The fraction of sp³-hybridized carbons (Fsp3) is 0.125. The zero-order valence-electron chi connectivity index (χ0n) is 12.7. The van der Waals surface area contributed by atoms with E-state index in [1.54, 1.807) is 6.07 Å². The summed E-state index contributed by atoms with van der Waals surface area (Å²) in [6, 6.07) is 13.7. The van der Waals surface area contributed by atoms with Crippen molar-refractivity contribution in [2.24, 2.45) is 15.9 Å². The van der Waals surface area contributed by atoms with Crippen LogP contribution in [0.3, 0.4) is 0 Å². The third-order valence-electron chi connectivity index (χ3n) is 2.72. The van der Waals surface area contributed by atoms with Gasteiger partial charge in [0.1, 0.15) is 5.75 Å². The van der Waals surface area contributed by atoms with E-state index in [4.69, 9.17) is 5.73 Å². The van der Waals surface area contributed by atoms with Crippen LogP contribution in [-0.4, -0.2) is 17.7 Å². The Balaban J connectivity index is 1.98. The normalized spacial score (nSPS) is 12.6. The van der Waals surface area contributed by atoms with Crippen LogP contribution in [0.25, 0.3) is 0 Å². The summed E-state index contributed by atoms with van der Waals surface area (Å²) in [5.41, 5.74) is 7.23. The molecule has 9 heteroatoms. The number of benzene rings is 2. The van der Waals surface area contributed by atoms with E-state index in [0.29, 0.717) is 15.8 Å². The largest absolute Gasteiger partial charge is 0.573 e. The SMILES string of the molecule is NC(=NN=Cc1cc(Br)cc(OC(F)(F)F)c1)SCc1ccccc1. The maximum Gasteiger partial charge on any atom is 0.573 e. The van der Waals surface area contributed by atoms with Crippen molar-refractivity contribution in [3.8, 4) is 5.75 Å². The van der Waals surface area contributed by atoms with Gasteiger partial charge in [0.25, 0.3) is 0 Å². The summed E-state index contributed by atoms with van der Waals surface area (Å²) < 4.78 is 41.1. The van der Waals surface area contributed by atoms with Crippen LogP contribution >= 0.6 is 27.7 Å². The molecule has 0 atom stereocenters. The molecule has 0 amide bonds. The fourth-order valence-electron chi connectivity index (χ4n) is 1.76. The van der Waals surface area contributed by atoms with Gasteiger partial charge in [-0.05, 0) is 29.3 Å². The first-order chi connectivity index (χ1) is 11.8. The molecule has 0 bridgehead atoms. The third kappa shape index (κ3) is 7.61. The van der Waals surface area contributed by atoms with Crippen molar-refractivity contribution in [1.29, 1.82) is 0 Å². The zero-order valence-corrected chi connectivity index (χ0v) is 15.1. The second-order valence-corrected chi connectivity index (χ2v) is 6.64. The molecule has 0 spiro atoms. The van der Waals surface area contributed by atoms with Gasteiger partial charge in [0.15, 0.2) is 5.17 Å². The van der Waals surface area contributed by atoms with Crippen molar-refractivity contribution < 1.29 is 17.9 Å². The van der Waals surface area contributed by atoms with E-state index in [9.17, 15) is 13.2 Å². The predicted octanol–water partition coefficient (Wildman–Crippen LogP) is 4.93. The second-order valence-electron chi connectivity index (χ2n) is 4.73. The van der Waals surface area contributed by atoms with E-state index in [1.165, 1.54) is 30.1 Å². The van der Waals surface area contributed by atoms with Crippen molar-refractivity contribution in [3.05, 3.63) is 64.1 Å². The number of nitrogens with two attached hydrogens (primary N) is 1. The first-order valence-electron chi connectivity index (χ1n) is 6.91. The van der Waals surface area contributed by atoms with Crippen LogP contribution in [0.4, 0.5) is 13.2 Å². The Morgan fingerprint density at radius 1 is 1.20 bits per heavy atom. The molecule has 0 heterocycles. The molecule has 2 aromatic rings. The van der Waals surface area contributed by atoms with Gasteiger partial charge in [-0.25, -0.2) is 0 Å². The van der Waals surface area contributed by atoms with E-state index in [1.807, 2.05) is 30.3 Å². The van der Waals surface area contributed by atoms with Gasteiger partial charge in [-0.1, -0.05) is 58.0 Å². The number of rotatable bonds is 5. The Bertz CT molecular complexity index is 767. The van der Waals surface area contributed by atoms with E-state index >= 15 is 0 Å². The molecule has 0 fully saturated rings. The molecule has 0 unspecified atom stereocenters. The predicted molar refractivity (Wildman–Crippen MR) is 97.8 cm³/mol. The van der Waals surface area contributed by atoms with Crippen LogP contribution in [0, 0.1) is 0 Å². The number of amidine groups is 1. The molecule has 0 aliphatic rings.